The zero-order valence-electron chi connectivity index (χ0n) is 4.41. The lowest BCUT2D eigenvalue weighted by atomic mass is 9.88. The molecule has 0 aromatic carbocycles. The molecule has 0 aliphatic heterocycles. The molecule has 2 N–H and O–H groups in total. The third-order valence-electron chi connectivity index (χ3n) is 0.879. The van der Waals surface area contributed by atoms with Crippen LogP contribution in [0.4, 0.5) is 4.39 Å². The van der Waals surface area contributed by atoms with Crippen LogP contribution in [0.1, 0.15) is 0 Å². The van der Waals surface area contributed by atoms with E-state index in [1.165, 1.54) is 0 Å². The normalized spacial score (nSPS) is 9.67. The molecule has 0 spiro atoms. The molecule has 0 fully saturated rings. The maximum absolute atomic E-state index is 12.2. The third kappa shape index (κ3) is 1.12. The van der Waals surface area contributed by atoms with E-state index in [9.17, 15) is 4.39 Å². The molecule has 3 nitrogen and oxygen atoms in total. The Labute approximate surface area is 50.9 Å². The lowest BCUT2D eigenvalue weighted by molar-refractivity contribution is 0.404. The van der Waals surface area contributed by atoms with Crippen LogP contribution in [0, 0.1) is 5.82 Å². The number of furan rings is 1. The summed E-state index contributed by atoms with van der Waals surface area (Å²) < 4.78 is 16.5. The molecular formula is C4H4BFO3. The van der Waals surface area contributed by atoms with Gasteiger partial charge in [0, 0.05) is 6.07 Å². The fraction of sp³-hybridized carbons (Fsp3) is 0. The second-order valence-corrected chi connectivity index (χ2v) is 1.51. The lowest BCUT2D eigenvalue weighted by Gasteiger charge is -1.89. The molecule has 48 valence electrons. The van der Waals surface area contributed by atoms with Crippen LogP contribution in [-0.2, 0) is 0 Å². The van der Waals surface area contributed by atoms with Crippen molar-refractivity contribution in [3.63, 3.8) is 0 Å². The smallest absolute Gasteiger partial charge is 0.470 e. The Hall–Kier alpha value is -0.805. The van der Waals surface area contributed by atoms with Crippen molar-refractivity contribution in [2.45, 2.75) is 0 Å². The van der Waals surface area contributed by atoms with Crippen LogP contribution in [0.2, 0.25) is 0 Å². The fourth-order valence-corrected chi connectivity index (χ4v) is 0.490. The lowest BCUT2D eigenvalue weighted by Crippen LogP contribution is -2.30. The number of rotatable bonds is 1. The molecular weight excluding hydrogens is 126 g/mol. The summed E-state index contributed by atoms with van der Waals surface area (Å²) in [6, 6.07) is 1.01. The summed E-state index contributed by atoms with van der Waals surface area (Å²) in [7, 11) is -1.86. The molecule has 1 aromatic heterocycles. The number of hydrogen-bond acceptors (Lipinski definition) is 3. The molecule has 1 aromatic rings. The highest BCUT2D eigenvalue weighted by molar-refractivity contribution is 6.57. The van der Waals surface area contributed by atoms with E-state index in [0.717, 1.165) is 12.3 Å². The average molecular weight is 130 g/mol. The minimum absolute atomic E-state index is 0.449. The van der Waals surface area contributed by atoms with E-state index >= 15 is 0 Å². The Morgan fingerprint density at radius 1 is 1.56 bits per heavy atom. The highest BCUT2D eigenvalue weighted by Crippen LogP contribution is 1.93. The van der Waals surface area contributed by atoms with Crippen molar-refractivity contribution >= 4 is 12.8 Å². The molecule has 0 unspecified atom stereocenters. The first-order chi connectivity index (χ1) is 4.22. The van der Waals surface area contributed by atoms with Crippen molar-refractivity contribution in [2.75, 3.05) is 0 Å². The van der Waals surface area contributed by atoms with Gasteiger partial charge < -0.3 is 14.5 Å². The summed E-state index contributed by atoms with van der Waals surface area (Å²) in [5.74, 6) is -0.745. The predicted octanol–water partition coefficient (Wildman–Crippen LogP) is -0.902. The zero-order valence-corrected chi connectivity index (χ0v) is 4.41. The van der Waals surface area contributed by atoms with E-state index in [4.69, 9.17) is 10.0 Å². The summed E-state index contributed by atoms with van der Waals surface area (Å²) in [6.45, 7) is 0. The Kier molecular flexibility index (Phi) is 1.55. The number of hydrogen-bond donors (Lipinski definition) is 2. The largest absolute Gasteiger partial charge is 0.529 e. The van der Waals surface area contributed by atoms with Crippen LogP contribution in [-0.4, -0.2) is 17.2 Å². The highest BCUT2D eigenvalue weighted by atomic mass is 19.1. The summed E-state index contributed by atoms with van der Waals surface area (Å²) in [4.78, 5) is 0. The van der Waals surface area contributed by atoms with Gasteiger partial charge in [-0.3, -0.25) is 0 Å². The van der Waals surface area contributed by atoms with Crippen molar-refractivity contribution in [2.24, 2.45) is 0 Å². The van der Waals surface area contributed by atoms with E-state index < -0.39 is 18.6 Å². The van der Waals surface area contributed by atoms with Gasteiger partial charge in [-0.1, -0.05) is 0 Å². The molecule has 0 radical (unpaired) electrons. The van der Waals surface area contributed by atoms with Gasteiger partial charge in [-0.2, -0.15) is 0 Å². The molecule has 1 heterocycles. The predicted molar refractivity (Wildman–Crippen MR) is 28.5 cm³/mol. The van der Waals surface area contributed by atoms with Crippen LogP contribution in [0.5, 0.6) is 0 Å². The summed E-state index contributed by atoms with van der Waals surface area (Å²) in [5.41, 5.74) is -0.449. The van der Waals surface area contributed by atoms with E-state index in [-0.39, 0.29) is 0 Å². The monoisotopic (exact) mass is 130 g/mol. The van der Waals surface area contributed by atoms with E-state index in [1.54, 1.807) is 0 Å². The molecule has 0 amide bonds. The molecule has 1 rings (SSSR count). The van der Waals surface area contributed by atoms with Crippen LogP contribution in [0.3, 0.4) is 0 Å². The van der Waals surface area contributed by atoms with Crippen molar-refractivity contribution < 1.29 is 18.9 Å². The summed E-state index contributed by atoms with van der Waals surface area (Å²) >= 11 is 0. The van der Waals surface area contributed by atoms with Crippen molar-refractivity contribution in [3.8, 4) is 0 Å². The van der Waals surface area contributed by atoms with Gasteiger partial charge in [-0.25, -0.2) is 4.39 Å². The standard InChI is InChI=1S/C4H4BFO3/c6-3-1-2-9-4(3)5(7)8/h1-2,7-8H. The van der Waals surface area contributed by atoms with Gasteiger partial charge in [-0.15, -0.1) is 0 Å². The van der Waals surface area contributed by atoms with Crippen LogP contribution < -0.4 is 5.66 Å². The average Bonchev–Trinajstić information content (AvgIpc) is 2.13. The maximum atomic E-state index is 12.2. The second-order valence-electron chi connectivity index (χ2n) is 1.51. The fourth-order valence-electron chi connectivity index (χ4n) is 0.490. The minimum atomic E-state index is -1.86. The van der Waals surface area contributed by atoms with Crippen LogP contribution in [0.25, 0.3) is 0 Å². The van der Waals surface area contributed by atoms with E-state index in [2.05, 4.69) is 4.42 Å². The topological polar surface area (TPSA) is 53.6 Å². The first-order valence-electron chi connectivity index (χ1n) is 2.31. The van der Waals surface area contributed by atoms with Crippen molar-refractivity contribution in [1.82, 2.24) is 0 Å². The number of halogens is 1. The molecule has 0 aliphatic carbocycles. The van der Waals surface area contributed by atoms with E-state index in [0.29, 0.717) is 0 Å². The molecule has 0 atom stereocenters. The highest BCUT2D eigenvalue weighted by Gasteiger charge is 2.19. The quantitative estimate of drug-likeness (QED) is 0.484. The Balaban J connectivity index is 2.94. The van der Waals surface area contributed by atoms with Crippen molar-refractivity contribution in [1.29, 1.82) is 0 Å². The second kappa shape index (κ2) is 2.20. The Morgan fingerprint density at radius 2 is 2.22 bits per heavy atom. The van der Waals surface area contributed by atoms with Crippen LogP contribution >= 0.6 is 0 Å². The molecule has 5 heteroatoms. The zero-order chi connectivity index (χ0) is 6.85. The van der Waals surface area contributed by atoms with Gasteiger partial charge in [0.05, 0.1) is 6.26 Å². The molecule has 0 aliphatic rings. The van der Waals surface area contributed by atoms with E-state index in [1.807, 2.05) is 0 Å². The van der Waals surface area contributed by atoms with Crippen LogP contribution in [0.15, 0.2) is 16.7 Å². The van der Waals surface area contributed by atoms with Gasteiger partial charge in [0.1, 0.15) is 0 Å². The van der Waals surface area contributed by atoms with Gasteiger partial charge in [0.15, 0.2) is 11.5 Å². The molecule has 0 saturated carbocycles. The first-order valence-corrected chi connectivity index (χ1v) is 2.31. The Morgan fingerprint density at radius 3 is 2.44 bits per heavy atom. The Bertz CT molecular complexity index is 197. The molecule has 0 bridgehead atoms. The first kappa shape index (κ1) is 6.32. The van der Waals surface area contributed by atoms with Gasteiger partial charge in [-0.05, 0) is 0 Å². The van der Waals surface area contributed by atoms with Gasteiger partial charge in [0.25, 0.3) is 0 Å². The molecule has 9 heavy (non-hydrogen) atoms. The van der Waals surface area contributed by atoms with Gasteiger partial charge in [0.2, 0.25) is 0 Å². The van der Waals surface area contributed by atoms with Crippen molar-refractivity contribution in [3.05, 3.63) is 18.1 Å². The maximum Gasteiger partial charge on any atom is 0.529 e. The third-order valence-corrected chi connectivity index (χ3v) is 0.879. The SMILES string of the molecule is OB(O)c1occc1F. The minimum Gasteiger partial charge on any atom is -0.470 e. The summed E-state index contributed by atoms with van der Waals surface area (Å²) in [5, 5.41) is 16.6. The molecule has 0 saturated heterocycles. The van der Waals surface area contributed by atoms with Gasteiger partial charge >= 0.3 is 7.12 Å². The summed E-state index contributed by atoms with van der Waals surface area (Å²) in [6.07, 6.45) is 1.05.